The number of thiocarbonyl (C=S) groups is 1. The van der Waals surface area contributed by atoms with Crippen LogP contribution in [0.2, 0.25) is 0 Å². The van der Waals surface area contributed by atoms with Crippen molar-refractivity contribution < 1.29 is 13.2 Å². The summed E-state index contributed by atoms with van der Waals surface area (Å²) < 4.78 is 40.5. The first-order valence-corrected chi connectivity index (χ1v) is 6.66. The molecule has 6 heteroatoms. The van der Waals surface area contributed by atoms with Crippen LogP contribution in [-0.2, 0) is 6.42 Å². The van der Waals surface area contributed by atoms with Gasteiger partial charge in [0.05, 0.1) is 5.69 Å². The van der Waals surface area contributed by atoms with E-state index in [0.717, 1.165) is 5.56 Å². The van der Waals surface area contributed by atoms with Gasteiger partial charge in [0.25, 0.3) is 0 Å². The van der Waals surface area contributed by atoms with Crippen molar-refractivity contribution in [3.05, 3.63) is 65.0 Å². The molecule has 2 rings (SSSR count). The van der Waals surface area contributed by atoms with E-state index in [1.807, 2.05) is 0 Å². The monoisotopic (exact) mass is 310 g/mol. The Labute approximate surface area is 125 Å². The van der Waals surface area contributed by atoms with Gasteiger partial charge in [-0.3, -0.25) is 0 Å². The standard InChI is InChI=1S/C15H13F3N2S/c16-10-3-1-2-9(8-10)6-7-20-12-5-4-11(15(19)21)13(17)14(12)18/h1-5,8,20H,6-7H2,(H2,19,21). The van der Waals surface area contributed by atoms with Crippen molar-refractivity contribution in [3.63, 3.8) is 0 Å². The fourth-order valence-corrected chi connectivity index (χ4v) is 2.07. The molecule has 21 heavy (non-hydrogen) atoms. The van der Waals surface area contributed by atoms with Gasteiger partial charge in [-0.05, 0) is 36.2 Å². The summed E-state index contributed by atoms with van der Waals surface area (Å²) in [7, 11) is 0. The lowest BCUT2D eigenvalue weighted by Crippen LogP contribution is -2.14. The summed E-state index contributed by atoms with van der Waals surface area (Å²) >= 11 is 4.63. The highest BCUT2D eigenvalue weighted by atomic mass is 32.1. The lowest BCUT2D eigenvalue weighted by Gasteiger charge is -2.10. The Kier molecular flexibility index (Phi) is 4.80. The molecule has 0 aliphatic heterocycles. The normalized spacial score (nSPS) is 10.4. The zero-order chi connectivity index (χ0) is 15.4. The maximum Gasteiger partial charge on any atom is 0.182 e. The van der Waals surface area contributed by atoms with Gasteiger partial charge in [0.1, 0.15) is 10.8 Å². The molecule has 0 saturated heterocycles. The smallest absolute Gasteiger partial charge is 0.182 e. The molecule has 0 amide bonds. The van der Waals surface area contributed by atoms with Crippen LogP contribution in [0.3, 0.4) is 0 Å². The topological polar surface area (TPSA) is 38.0 Å². The fourth-order valence-electron chi connectivity index (χ4n) is 1.91. The first-order chi connectivity index (χ1) is 9.99. The molecule has 3 N–H and O–H groups in total. The molecule has 0 aliphatic carbocycles. The second-order valence-corrected chi connectivity index (χ2v) is 4.90. The van der Waals surface area contributed by atoms with Gasteiger partial charge >= 0.3 is 0 Å². The molecular formula is C15H13F3N2S. The predicted molar refractivity (Wildman–Crippen MR) is 80.8 cm³/mol. The molecule has 110 valence electrons. The average molecular weight is 310 g/mol. The molecule has 0 aromatic heterocycles. The zero-order valence-corrected chi connectivity index (χ0v) is 11.8. The van der Waals surface area contributed by atoms with Crippen molar-refractivity contribution in [1.82, 2.24) is 0 Å². The molecule has 2 aromatic carbocycles. The van der Waals surface area contributed by atoms with Crippen LogP contribution in [0.15, 0.2) is 36.4 Å². The Morgan fingerprint density at radius 3 is 2.52 bits per heavy atom. The molecule has 0 saturated carbocycles. The van der Waals surface area contributed by atoms with Crippen molar-refractivity contribution in [3.8, 4) is 0 Å². The van der Waals surface area contributed by atoms with E-state index in [1.54, 1.807) is 12.1 Å². The van der Waals surface area contributed by atoms with Gasteiger partial charge in [-0.2, -0.15) is 0 Å². The van der Waals surface area contributed by atoms with E-state index in [1.165, 1.54) is 24.3 Å². The highest BCUT2D eigenvalue weighted by molar-refractivity contribution is 7.80. The molecule has 2 aromatic rings. The molecular weight excluding hydrogens is 297 g/mol. The minimum Gasteiger partial charge on any atom is -0.389 e. The number of anilines is 1. The number of halogens is 3. The molecule has 0 unspecified atom stereocenters. The SMILES string of the molecule is NC(=S)c1ccc(NCCc2cccc(F)c2)c(F)c1F. The summed E-state index contributed by atoms with van der Waals surface area (Å²) in [5.74, 6) is -2.43. The van der Waals surface area contributed by atoms with Crippen molar-refractivity contribution in [2.75, 3.05) is 11.9 Å². The molecule has 0 spiro atoms. The first-order valence-electron chi connectivity index (χ1n) is 6.25. The summed E-state index contributed by atoms with van der Waals surface area (Å²) in [6.07, 6.45) is 0.482. The van der Waals surface area contributed by atoms with Crippen LogP contribution in [0.4, 0.5) is 18.9 Å². The second kappa shape index (κ2) is 6.58. The Balaban J connectivity index is 2.04. The van der Waals surface area contributed by atoms with Crippen molar-refractivity contribution in [1.29, 1.82) is 0 Å². The van der Waals surface area contributed by atoms with Crippen molar-refractivity contribution in [2.24, 2.45) is 5.73 Å². The van der Waals surface area contributed by atoms with E-state index in [-0.39, 0.29) is 22.1 Å². The van der Waals surface area contributed by atoms with Crippen LogP contribution >= 0.6 is 12.2 Å². The van der Waals surface area contributed by atoms with Gasteiger partial charge in [0.2, 0.25) is 0 Å². The van der Waals surface area contributed by atoms with Crippen molar-refractivity contribution >= 4 is 22.9 Å². The minimum absolute atomic E-state index is 0.0175. The molecule has 0 fully saturated rings. The maximum absolute atomic E-state index is 13.8. The Morgan fingerprint density at radius 1 is 1.10 bits per heavy atom. The maximum atomic E-state index is 13.8. The van der Waals surface area contributed by atoms with Crippen LogP contribution < -0.4 is 11.1 Å². The second-order valence-electron chi connectivity index (χ2n) is 4.46. The number of nitrogens with two attached hydrogens (primary N) is 1. The zero-order valence-electron chi connectivity index (χ0n) is 11.0. The summed E-state index contributed by atoms with van der Waals surface area (Å²) in [6.45, 7) is 0.340. The number of nitrogens with one attached hydrogen (secondary N) is 1. The third kappa shape index (κ3) is 3.72. The summed E-state index contributed by atoms with van der Waals surface area (Å²) in [5.41, 5.74) is 5.95. The highest BCUT2D eigenvalue weighted by Crippen LogP contribution is 2.20. The molecule has 2 nitrogen and oxygen atoms in total. The third-order valence-corrected chi connectivity index (χ3v) is 3.19. The van der Waals surface area contributed by atoms with Crippen molar-refractivity contribution in [2.45, 2.75) is 6.42 Å². The first kappa shape index (κ1) is 15.3. The predicted octanol–water partition coefficient (Wildman–Crippen LogP) is 3.39. The lowest BCUT2D eigenvalue weighted by molar-refractivity contribution is 0.509. The lowest BCUT2D eigenvalue weighted by atomic mass is 10.1. The van der Waals surface area contributed by atoms with Crippen LogP contribution in [0, 0.1) is 17.5 Å². The Morgan fingerprint density at radius 2 is 1.86 bits per heavy atom. The van der Waals surface area contributed by atoms with Gasteiger partial charge in [0, 0.05) is 12.1 Å². The van der Waals surface area contributed by atoms with E-state index in [0.29, 0.717) is 13.0 Å². The average Bonchev–Trinajstić information content (AvgIpc) is 2.43. The largest absolute Gasteiger partial charge is 0.389 e. The minimum atomic E-state index is -1.07. The van der Waals surface area contributed by atoms with Crippen LogP contribution in [0.25, 0.3) is 0 Å². The molecule has 0 atom stereocenters. The van der Waals surface area contributed by atoms with Crippen LogP contribution in [0.1, 0.15) is 11.1 Å². The van der Waals surface area contributed by atoms with Gasteiger partial charge in [-0.1, -0.05) is 24.4 Å². The van der Waals surface area contributed by atoms with Gasteiger partial charge in [-0.25, -0.2) is 13.2 Å². The van der Waals surface area contributed by atoms with E-state index >= 15 is 0 Å². The van der Waals surface area contributed by atoms with E-state index in [9.17, 15) is 13.2 Å². The Bertz CT molecular complexity index is 674. The summed E-state index contributed by atoms with van der Waals surface area (Å²) in [4.78, 5) is -0.197. The van der Waals surface area contributed by atoms with E-state index < -0.39 is 11.6 Å². The molecule has 0 bridgehead atoms. The van der Waals surface area contributed by atoms with Gasteiger partial charge < -0.3 is 11.1 Å². The third-order valence-electron chi connectivity index (χ3n) is 2.97. The molecule has 0 aliphatic rings. The molecule has 0 radical (unpaired) electrons. The highest BCUT2D eigenvalue weighted by Gasteiger charge is 2.14. The number of hydrogen-bond donors (Lipinski definition) is 2. The summed E-state index contributed by atoms with van der Waals surface area (Å²) in [5, 5.41) is 2.77. The van der Waals surface area contributed by atoms with E-state index in [2.05, 4.69) is 17.5 Å². The quantitative estimate of drug-likeness (QED) is 0.831. The summed E-state index contributed by atoms with van der Waals surface area (Å²) in [6, 6.07) is 8.80. The van der Waals surface area contributed by atoms with Crippen LogP contribution in [0.5, 0.6) is 0 Å². The number of benzene rings is 2. The number of rotatable bonds is 5. The van der Waals surface area contributed by atoms with Gasteiger partial charge in [0.15, 0.2) is 11.6 Å². The van der Waals surface area contributed by atoms with E-state index in [4.69, 9.17) is 5.73 Å². The molecule has 0 heterocycles. The fraction of sp³-hybridized carbons (Fsp3) is 0.133. The van der Waals surface area contributed by atoms with Crippen LogP contribution in [-0.4, -0.2) is 11.5 Å². The Hall–Kier alpha value is -2.08. The van der Waals surface area contributed by atoms with Gasteiger partial charge in [-0.15, -0.1) is 0 Å². The number of hydrogen-bond acceptors (Lipinski definition) is 2.